The van der Waals surface area contributed by atoms with Crippen LogP contribution >= 0.6 is 11.6 Å². The Balaban J connectivity index is 1.85. The van der Waals surface area contributed by atoms with Gasteiger partial charge in [0.15, 0.2) is 11.5 Å². The average molecular weight is 291 g/mol. The average Bonchev–Trinajstić information content (AvgIpc) is 2.46. The Morgan fingerprint density at radius 3 is 2.75 bits per heavy atom. The van der Waals surface area contributed by atoms with E-state index in [0.29, 0.717) is 36.2 Å². The second kappa shape index (κ2) is 5.73. The molecular formula is C16H15ClO3. The Kier molecular flexibility index (Phi) is 3.81. The van der Waals surface area contributed by atoms with Crippen molar-refractivity contribution in [3.8, 4) is 11.5 Å². The summed E-state index contributed by atoms with van der Waals surface area (Å²) >= 11 is 5.96. The van der Waals surface area contributed by atoms with Gasteiger partial charge in [0.05, 0.1) is 6.10 Å². The van der Waals surface area contributed by atoms with E-state index in [1.54, 1.807) is 0 Å². The molecule has 1 aliphatic heterocycles. The van der Waals surface area contributed by atoms with E-state index in [1.807, 2.05) is 42.5 Å². The second-order valence-electron chi connectivity index (χ2n) is 4.72. The van der Waals surface area contributed by atoms with Crippen LogP contribution in [0.1, 0.15) is 17.2 Å². The zero-order chi connectivity index (χ0) is 13.9. The first-order chi connectivity index (χ1) is 9.74. The highest BCUT2D eigenvalue weighted by atomic mass is 35.5. The summed E-state index contributed by atoms with van der Waals surface area (Å²) in [6, 6.07) is 13.1. The second-order valence-corrected chi connectivity index (χ2v) is 5.16. The third kappa shape index (κ3) is 2.74. The number of fused-ring (bicyclic) bond motifs is 1. The van der Waals surface area contributed by atoms with Crippen LogP contribution in [0, 0.1) is 0 Å². The van der Waals surface area contributed by atoms with E-state index in [9.17, 15) is 5.11 Å². The van der Waals surface area contributed by atoms with Crippen molar-refractivity contribution in [2.45, 2.75) is 12.5 Å². The van der Waals surface area contributed by atoms with Crippen molar-refractivity contribution < 1.29 is 14.6 Å². The van der Waals surface area contributed by atoms with Crippen molar-refractivity contribution >= 4 is 11.6 Å². The fourth-order valence-electron chi connectivity index (χ4n) is 2.36. The minimum absolute atomic E-state index is 0.486. The van der Waals surface area contributed by atoms with Crippen LogP contribution in [-0.2, 0) is 6.42 Å². The molecule has 1 atom stereocenters. The third-order valence-corrected chi connectivity index (χ3v) is 3.51. The van der Waals surface area contributed by atoms with Crippen LogP contribution in [0.5, 0.6) is 11.5 Å². The number of hydrogen-bond acceptors (Lipinski definition) is 3. The lowest BCUT2D eigenvalue weighted by Crippen LogP contribution is -2.17. The highest BCUT2D eigenvalue weighted by Crippen LogP contribution is 2.37. The molecule has 20 heavy (non-hydrogen) atoms. The number of halogens is 1. The van der Waals surface area contributed by atoms with Gasteiger partial charge in [0.2, 0.25) is 0 Å². The van der Waals surface area contributed by atoms with Crippen LogP contribution in [0.3, 0.4) is 0 Å². The van der Waals surface area contributed by atoms with Crippen LogP contribution in [-0.4, -0.2) is 18.3 Å². The Labute approximate surface area is 122 Å². The van der Waals surface area contributed by atoms with E-state index in [4.69, 9.17) is 21.1 Å². The Bertz CT molecular complexity index is 612. The molecule has 1 aliphatic rings. The minimum Gasteiger partial charge on any atom is -0.486 e. The lowest BCUT2D eigenvalue weighted by Gasteiger charge is -2.23. The molecule has 4 heteroatoms. The maximum absolute atomic E-state index is 10.4. The summed E-state index contributed by atoms with van der Waals surface area (Å²) in [4.78, 5) is 0. The van der Waals surface area contributed by atoms with Gasteiger partial charge in [-0.05, 0) is 23.8 Å². The van der Waals surface area contributed by atoms with E-state index in [1.165, 1.54) is 0 Å². The first kappa shape index (κ1) is 13.3. The molecule has 1 heterocycles. The molecule has 0 radical (unpaired) electrons. The molecule has 0 aromatic heterocycles. The van der Waals surface area contributed by atoms with Crippen LogP contribution in [0.4, 0.5) is 0 Å². The highest BCUT2D eigenvalue weighted by molar-refractivity contribution is 6.30. The van der Waals surface area contributed by atoms with E-state index in [-0.39, 0.29) is 0 Å². The summed E-state index contributed by atoms with van der Waals surface area (Å²) in [7, 11) is 0. The normalized spacial score (nSPS) is 14.9. The molecule has 0 aliphatic carbocycles. The quantitative estimate of drug-likeness (QED) is 0.942. The largest absolute Gasteiger partial charge is 0.486 e. The van der Waals surface area contributed by atoms with E-state index in [0.717, 1.165) is 11.1 Å². The molecular weight excluding hydrogens is 276 g/mol. The lowest BCUT2D eigenvalue weighted by molar-refractivity contribution is 0.146. The number of aliphatic hydroxyl groups excluding tert-OH is 1. The smallest absolute Gasteiger partial charge is 0.167 e. The zero-order valence-electron chi connectivity index (χ0n) is 10.9. The predicted molar refractivity (Wildman–Crippen MR) is 77.5 cm³/mol. The van der Waals surface area contributed by atoms with Gasteiger partial charge in [0, 0.05) is 17.0 Å². The van der Waals surface area contributed by atoms with Gasteiger partial charge >= 0.3 is 0 Å². The SMILES string of the molecule is OC(Cc1cccc(Cl)c1)c1cccc2c1OCCO2. The van der Waals surface area contributed by atoms with Crippen LogP contribution in [0.2, 0.25) is 5.02 Å². The van der Waals surface area contributed by atoms with Crippen LogP contribution in [0.15, 0.2) is 42.5 Å². The molecule has 1 N–H and O–H groups in total. The Hall–Kier alpha value is -1.71. The third-order valence-electron chi connectivity index (χ3n) is 3.27. The monoisotopic (exact) mass is 290 g/mol. The van der Waals surface area contributed by atoms with Crippen LogP contribution < -0.4 is 9.47 Å². The topological polar surface area (TPSA) is 38.7 Å². The number of ether oxygens (including phenoxy) is 2. The molecule has 0 spiro atoms. The van der Waals surface area contributed by atoms with Crippen molar-refractivity contribution in [1.82, 2.24) is 0 Å². The summed E-state index contributed by atoms with van der Waals surface area (Å²) in [5.41, 5.74) is 1.74. The number of rotatable bonds is 3. The summed E-state index contributed by atoms with van der Waals surface area (Å²) in [5.74, 6) is 1.34. The molecule has 3 nitrogen and oxygen atoms in total. The number of hydrogen-bond donors (Lipinski definition) is 1. The standard InChI is InChI=1S/C16H15ClO3/c17-12-4-1-3-11(9-12)10-14(18)13-5-2-6-15-16(13)20-8-7-19-15/h1-6,9,14,18H,7-8,10H2. The van der Waals surface area contributed by atoms with Gasteiger partial charge in [-0.2, -0.15) is 0 Å². The maximum atomic E-state index is 10.4. The number of para-hydroxylation sites is 1. The van der Waals surface area contributed by atoms with E-state index >= 15 is 0 Å². The molecule has 0 saturated heterocycles. The Morgan fingerprint density at radius 2 is 1.90 bits per heavy atom. The summed E-state index contributed by atoms with van der Waals surface area (Å²) in [6.07, 6.45) is -0.162. The molecule has 2 aromatic rings. The zero-order valence-corrected chi connectivity index (χ0v) is 11.6. The molecule has 3 rings (SSSR count). The molecule has 0 bridgehead atoms. The molecule has 1 unspecified atom stereocenters. The summed E-state index contributed by atoms with van der Waals surface area (Å²) in [6.45, 7) is 1.05. The molecule has 0 fully saturated rings. The van der Waals surface area contributed by atoms with Gasteiger partial charge in [0.25, 0.3) is 0 Å². The fraction of sp³-hybridized carbons (Fsp3) is 0.250. The number of benzene rings is 2. The highest BCUT2D eigenvalue weighted by Gasteiger charge is 2.20. The first-order valence-electron chi connectivity index (χ1n) is 6.55. The first-order valence-corrected chi connectivity index (χ1v) is 6.93. The van der Waals surface area contributed by atoms with Crippen molar-refractivity contribution in [2.24, 2.45) is 0 Å². The fourth-order valence-corrected chi connectivity index (χ4v) is 2.57. The van der Waals surface area contributed by atoms with Gasteiger partial charge in [0.1, 0.15) is 13.2 Å². The summed E-state index contributed by atoms with van der Waals surface area (Å²) < 4.78 is 11.2. The van der Waals surface area contributed by atoms with E-state index in [2.05, 4.69) is 0 Å². The van der Waals surface area contributed by atoms with Crippen molar-refractivity contribution in [1.29, 1.82) is 0 Å². The molecule has 0 amide bonds. The molecule has 0 saturated carbocycles. The van der Waals surface area contributed by atoms with Gasteiger partial charge in [-0.15, -0.1) is 0 Å². The van der Waals surface area contributed by atoms with Gasteiger partial charge in [-0.1, -0.05) is 35.9 Å². The minimum atomic E-state index is -0.648. The van der Waals surface area contributed by atoms with Crippen molar-refractivity contribution in [3.63, 3.8) is 0 Å². The van der Waals surface area contributed by atoms with Gasteiger partial charge < -0.3 is 14.6 Å². The van der Waals surface area contributed by atoms with Crippen molar-refractivity contribution in [3.05, 3.63) is 58.6 Å². The predicted octanol–water partition coefficient (Wildman–Crippen LogP) is 3.39. The molecule has 2 aromatic carbocycles. The van der Waals surface area contributed by atoms with Crippen molar-refractivity contribution in [2.75, 3.05) is 13.2 Å². The molecule has 104 valence electrons. The van der Waals surface area contributed by atoms with Gasteiger partial charge in [-0.3, -0.25) is 0 Å². The maximum Gasteiger partial charge on any atom is 0.167 e. The van der Waals surface area contributed by atoms with E-state index < -0.39 is 6.10 Å². The summed E-state index contributed by atoms with van der Waals surface area (Å²) in [5, 5.41) is 11.1. The number of aliphatic hydroxyl groups is 1. The van der Waals surface area contributed by atoms with Gasteiger partial charge in [-0.25, -0.2) is 0 Å². The Morgan fingerprint density at radius 1 is 1.10 bits per heavy atom. The lowest BCUT2D eigenvalue weighted by atomic mass is 10.00. The van der Waals surface area contributed by atoms with Crippen LogP contribution in [0.25, 0.3) is 0 Å².